The van der Waals surface area contributed by atoms with Gasteiger partial charge in [0.15, 0.2) is 0 Å². The maximum absolute atomic E-state index is 11.6. The number of phosphoric acid groups is 1. The lowest BCUT2D eigenvalue weighted by Crippen LogP contribution is -2.43. The minimum atomic E-state index is -4.03. The average molecular weight is 354 g/mol. The largest absolute Gasteiger partial charge is 0.472 e. The standard InChI is InChI=1S/C14H28NO7P/c1-13(2)14(16)20-9-6-7-15(3,4)8-10-21-23(17,18)22-12-11-19-5/h1,6-12H2,2-5H3/p+1. The van der Waals surface area contributed by atoms with Crippen LogP contribution in [0.4, 0.5) is 0 Å². The second kappa shape index (κ2) is 10.9. The molecule has 0 rings (SSSR count). The number of rotatable bonds is 13. The van der Waals surface area contributed by atoms with E-state index in [1.165, 1.54) is 7.11 Å². The number of carbonyl (C=O) groups is 1. The van der Waals surface area contributed by atoms with Gasteiger partial charge in [-0.1, -0.05) is 6.58 Å². The number of ether oxygens (including phenoxy) is 2. The second-order valence-corrected chi connectivity index (χ2v) is 7.23. The summed E-state index contributed by atoms with van der Waals surface area (Å²) in [7, 11) is 1.35. The fraction of sp³-hybridized carbons (Fsp3) is 0.786. The molecule has 0 heterocycles. The van der Waals surface area contributed by atoms with E-state index in [1.807, 2.05) is 14.1 Å². The molecule has 0 fully saturated rings. The van der Waals surface area contributed by atoms with Crippen LogP contribution in [0.2, 0.25) is 0 Å². The SMILES string of the molecule is C=C(C)C(=O)OCCC[N+](C)(C)CCOP(=O)(O)OCCOC. The van der Waals surface area contributed by atoms with Gasteiger partial charge in [0.1, 0.15) is 13.2 Å². The Bertz CT molecular complexity index is 425. The first-order chi connectivity index (χ1) is 10.6. The molecule has 1 N–H and O–H groups in total. The Hall–Kier alpha value is -0.760. The summed E-state index contributed by atoms with van der Waals surface area (Å²) in [4.78, 5) is 20.7. The number of methoxy groups -OCH3 is 1. The van der Waals surface area contributed by atoms with Crippen LogP contribution < -0.4 is 0 Å². The first-order valence-corrected chi connectivity index (χ1v) is 8.84. The summed E-state index contributed by atoms with van der Waals surface area (Å²) in [5, 5.41) is 0. The van der Waals surface area contributed by atoms with Gasteiger partial charge in [0, 0.05) is 19.1 Å². The lowest BCUT2D eigenvalue weighted by molar-refractivity contribution is -0.890. The van der Waals surface area contributed by atoms with Gasteiger partial charge in [-0.25, -0.2) is 9.36 Å². The molecule has 0 saturated carbocycles. The highest BCUT2D eigenvalue weighted by atomic mass is 31.2. The lowest BCUT2D eigenvalue weighted by Gasteiger charge is -2.29. The molecule has 0 saturated heterocycles. The topological polar surface area (TPSA) is 91.3 Å². The van der Waals surface area contributed by atoms with Crippen molar-refractivity contribution in [1.82, 2.24) is 0 Å². The first kappa shape index (κ1) is 22.2. The Kier molecular flexibility index (Phi) is 10.6. The quantitative estimate of drug-likeness (QED) is 0.175. The van der Waals surface area contributed by atoms with Crippen molar-refractivity contribution in [3.63, 3.8) is 0 Å². The maximum Gasteiger partial charge on any atom is 0.472 e. The number of quaternary nitrogens is 1. The minimum Gasteiger partial charge on any atom is -0.462 e. The van der Waals surface area contributed by atoms with Crippen LogP contribution in [0, 0.1) is 0 Å². The van der Waals surface area contributed by atoms with E-state index in [9.17, 15) is 14.3 Å². The number of hydrogen-bond donors (Lipinski definition) is 1. The summed E-state index contributed by atoms with van der Waals surface area (Å²) >= 11 is 0. The van der Waals surface area contributed by atoms with E-state index in [-0.39, 0.29) is 19.8 Å². The summed E-state index contributed by atoms with van der Waals surface area (Å²) in [5.74, 6) is -0.395. The number of likely N-dealkylation sites (N-methyl/N-ethyl adjacent to an activating group) is 1. The molecule has 0 bridgehead atoms. The van der Waals surface area contributed by atoms with Gasteiger partial charge < -0.3 is 18.9 Å². The Morgan fingerprint density at radius 2 is 1.74 bits per heavy atom. The Balaban J connectivity index is 3.92. The Morgan fingerprint density at radius 3 is 2.30 bits per heavy atom. The van der Waals surface area contributed by atoms with Gasteiger partial charge in [0.2, 0.25) is 0 Å². The third-order valence-electron chi connectivity index (χ3n) is 2.98. The Morgan fingerprint density at radius 1 is 1.13 bits per heavy atom. The molecule has 0 aliphatic carbocycles. The summed E-state index contributed by atoms with van der Waals surface area (Å²) in [6.45, 7) is 6.97. The van der Waals surface area contributed by atoms with Crippen molar-refractivity contribution in [3.8, 4) is 0 Å². The van der Waals surface area contributed by atoms with E-state index in [4.69, 9.17) is 18.5 Å². The molecule has 0 radical (unpaired) electrons. The highest BCUT2D eigenvalue weighted by Gasteiger charge is 2.23. The molecule has 8 nitrogen and oxygen atoms in total. The highest BCUT2D eigenvalue weighted by Crippen LogP contribution is 2.42. The van der Waals surface area contributed by atoms with Crippen LogP contribution in [0.5, 0.6) is 0 Å². The van der Waals surface area contributed by atoms with Gasteiger partial charge in [-0.05, 0) is 6.92 Å². The first-order valence-electron chi connectivity index (χ1n) is 7.35. The average Bonchev–Trinajstić information content (AvgIpc) is 2.42. The van der Waals surface area contributed by atoms with Crippen LogP contribution in [0.3, 0.4) is 0 Å². The van der Waals surface area contributed by atoms with Crippen molar-refractivity contribution in [2.45, 2.75) is 13.3 Å². The number of esters is 1. The van der Waals surface area contributed by atoms with Gasteiger partial charge >= 0.3 is 13.8 Å². The molecule has 0 aromatic carbocycles. The molecule has 0 aromatic rings. The lowest BCUT2D eigenvalue weighted by atomic mass is 10.3. The van der Waals surface area contributed by atoms with Gasteiger partial charge in [-0.2, -0.15) is 0 Å². The molecule has 0 aliphatic heterocycles. The van der Waals surface area contributed by atoms with Crippen molar-refractivity contribution in [2.24, 2.45) is 0 Å². The summed E-state index contributed by atoms with van der Waals surface area (Å²) in [6, 6.07) is 0. The van der Waals surface area contributed by atoms with Crippen LogP contribution in [0.15, 0.2) is 12.2 Å². The fourth-order valence-corrected chi connectivity index (χ4v) is 2.26. The molecule has 1 unspecified atom stereocenters. The minimum absolute atomic E-state index is 0.00336. The van der Waals surface area contributed by atoms with Crippen molar-refractivity contribution < 1.29 is 37.3 Å². The summed E-state index contributed by atoms with van der Waals surface area (Å²) < 4.78 is 31.5. The van der Waals surface area contributed by atoms with Crippen LogP contribution in [0.1, 0.15) is 13.3 Å². The molecule has 0 amide bonds. The molecule has 136 valence electrons. The van der Waals surface area contributed by atoms with Crippen LogP contribution in [-0.4, -0.2) is 76.1 Å². The third kappa shape index (κ3) is 12.3. The number of carbonyl (C=O) groups excluding carboxylic acids is 1. The van der Waals surface area contributed by atoms with Gasteiger partial charge in [0.25, 0.3) is 0 Å². The molecule has 0 spiro atoms. The highest BCUT2D eigenvalue weighted by molar-refractivity contribution is 7.47. The van der Waals surface area contributed by atoms with Crippen LogP contribution in [0.25, 0.3) is 0 Å². The van der Waals surface area contributed by atoms with E-state index in [2.05, 4.69) is 6.58 Å². The molecule has 1 atom stereocenters. The Labute approximate surface area is 138 Å². The molecular weight excluding hydrogens is 325 g/mol. The van der Waals surface area contributed by atoms with E-state index in [1.54, 1.807) is 6.92 Å². The van der Waals surface area contributed by atoms with Crippen molar-refractivity contribution in [3.05, 3.63) is 12.2 Å². The smallest absolute Gasteiger partial charge is 0.462 e. The normalized spacial score (nSPS) is 14.3. The zero-order valence-corrected chi connectivity index (χ0v) is 15.3. The molecule has 23 heavy (non-hydrogen) atoms. The van der Waals surface area contributed by atoms with Gasteiger partial charge in [0.05, 0.1) is 40.5 Å². The van der Waals surface area contributed by atoms with Crippen LogP contribution >= 0.6 is 7.82 Å². The number of nitrogens with zero attached hydrogens (tertiary/aromatic N) is 1. The van der Waals surface area contributed by atoms with Crippen molar-refractivity contribution >= 4 is 13.8 Å². The molecular formula is C14H29NO7P+. The van der Waals surface area contributed by atoms with Crippen molar-refractivity contribution in [2.75, 3.05) is 60.7 Å². The van der Waals surface area contributed by atoms with E-state index in [0.29, 0.717) is 29.6 Å². The van der Waals surface area contributed by atoms with Gasteiger partial charge in [-0.3, -0.25) is 9.05 Å². The molecule has 9 heteroatoms. The van der Waals surface area contributed by atoms with Crippen LogP contribution in [-0.2, 0) is 27.9 Å². The van der Waals surface area contributed by atoms with E-state index >= 15 is 0 Å². The van der Waals surface area contributed by atoms with E-state index < -0.39 is 13.8 Å². The number of phosphoric ester groups is 1. The monoisotopic (exact) mass is 354 g/mol. The maximum atomic E-state index is 11.6. The summed E-state index contributed by atoms with van der Waals surface area (Å²) in [6.07, 6.45) is 0.674. The van der Waals surface area contributed by atoms with Crippen molar-refractivity contribution in [1.29, 1.82) is 0 Å². The third-order valence-corrected chi connectivity index (χ3v) is 4.00. The zero-order chi connectivity index (χ0) is 17.9. The fourth-order valence-electron chi connectivity index (χ4n) is 1.57. The molecule has 0 aromatic heterocycles. The predicted molar refractivity (Wildman–Crippen MR) is 85.8 cm³/mol. The van der Waals surface area contributed by atoms with Gasteiger partial charge in [-0.15, -0.1) is 0 Å². The summed E-state index contributed by atoms with van der Waals surface area (Å²) in [5.41, 5.74) is 0.374. The zero-order valence-electron chi connectivity index (χ0n) is 14.4. The van der Waals surface area contributed by atoms with E-state index in [0.717, 1.165) is 6.54 Å². The number of hydrogen-bond acceptors (Lipinski definition) is 6. The molecule has 0 aliphatic rings. The second-order valence-electron chi connectivity index (χ2n) is 5.78. The predicted octanol–water partition coefficient (Wildman–Crippen LogP) is 1.35.